The monoisotopic (exact) mass is 406 g/mol. The molecule has 4 rings (SSSR count). The lowest BCUT2D eigenvalue weighted by molar-refractivity contribution is 0.325. The second-order valence-corrected chi connectivity index (χ2v) is 9.42. The molecule has 2 aliphatic rings. The molecule has 30 heavy (non-hydrogen) atoms. The zero-order valence-electron chi connectivity index (χ0n) is 18.5. The Bertz CT molecular complexity index is 800. The number of hydrogen-bond acceptors (Lipinski definition) is 4. The lowest BCUT2D eigenvalue weighted by Crippen LogP contribution is -2.34. The summed E-state index contributed by atoms with van der Waals surface area (Å²) in [5.74, 6) is 1.82. The van der Waals surface area contributed by atoms with Crippen molar-refractivity contribution in [2.24, 2.45) is 11.8 Å². The molecule has 162 valence electrons. The van der Waals surface area contributed by atoms with Crippen LogP contribution in [0.25, 0.3) is 0 Å². The van der Waals surface area contributed by atoms with Gasteiger partial charge in [0.1, 0.15) is 0 Å². The van der Waals surface area contributed by atoms with Crippen molar-refractivity contribution in [3.8, 4) is 0 Å². The molecule has 2 aromatic carbocycles. The zero-order valence-corrected chi connectivity index (χ0v) is 18.5. The van der Waals surface area contributed by atoms with Crippen LogP contribution >= 0.6 is 0 Å². The van der Waals surface area contributed by atoms with Gasteiger partial charge in [-0.1, -0.05) is 19.3 Å². The van der Waals surface area contributed by atoms with Crippen LogP contribution < -0.4 is 21.3 Å². The molecule has 0 aliphatic carbocycles. The Hall–Kier alpha value is -2.36. The van der Waals surface area contributed by atoms with Crippen molar-refractivity contribution >= 4 is 22.7 Å². The minimum absolute atomic E-state index is 0.850. The van der Waals surface area contributed by atoms with Gasteiger partial charge < -0.3 is 21.3 Å². The summed E-state index contributed by atoms with van der Waals surface area (Å²) in [5.41, 5.74) is 17.4. The van der Waals surface area contributed by atoms with Crippen molar-refractivity contribution in [3.05, 3.63) is 48.0 Å². The standard InChI is InChI=1S/C26H38N4/c1-20-19-25(9-10-26(20)28)30-17-13-22(14-18-30)4-2-3-21-11-15-29(16-12-21)24-7-5-23(27)6-8-24/h5-10,19,21-22H,2-4,11-18,27-28H2,1H3. The average Bonchev–Trinajstić information content (AvgIpc) is 2.77. The molecule has 0 amide bonds. The predicted octanol–water partition coefficient (Wildman–Crippen LogP) is 5.46. The van der Waals surface area contributed by atoms with Gasteiger partial charge in [-0.25, -0.2) is 0 Å². The lowest BCUT2D eigenvalue weighted by Gasteiger charge is -2.35. The third-order valence-electron chi connectivity index (χ3n) is 7.33. The average molecular weight is 407 g/mol. The molecule has 2 aromatic rings. The van der Waals surface area contributed by atoms with Gasteiger partial charge in [0.25, 0.3) is 0 Å². The summed E-state index contributed by atoms with van der Waals surface area (Å²) in [4.78, 5) is 5.06. The highest BCUT2D eigenvalue weighted by Crippen LogP contribution is 2.31. The third-order valence-corrected chi connectivity index (χ3v) is 7.33. The van der Waals surface area contributed by atoms with E-state index in [1.165, 1.54) is 88.1 Å². The topological polar surface area (TPSA) is 58.5 Å². The molecule has 0 bridgehead atoms. The van der Waals surface area contributed by atoms with Gasteiger partial charge in [0, 0.05) is 48.9 Å². The second-order valence-electron chi connectivity index (χ2n) is 9.42. The summed E-state index contributed by atoms with van der Waals surface area (Å²) in [6.45, 7) is 6.86. The summed E-state index contributed by atoms with van der Waals surface area (Å²) in [6, 6.07) is 14.8. The molecule has 2 fully saturated rings. The van der Waals surface area contributed by atoms with Gasteiger partial charge in [0.15, 0.2) is 0 Å². The number of rotatable bonds is 6. The first-order valence-electron chi connectivity index (χ1n) is 11.8. The van der Waals surface area contributed by atoms with Gasteiger partial charge in [-0.2, -0.15) is 0 Å². The number of nitrogens with zero attached hydrogens (tertiary/aromatic N) is 2. The van der Waals surface area contributed by atoms with E-state index in [1.54, 1.807) is 0 Å². The van der Waals surface area contributed by atoms with Crippen LogP contribution in [-0.4, -0.2) is 26.2 Å². The molecule has 4 N–H and O–H groups in total. The minimum atomic E-state index is 0.850. The summed E-state index contributed by atoms with van der Waals surface area (Å²) in [5, 5.41) is 0. The van der Waals surface area contributed by atoms with Crippen LogP contribution in [0.15, 0.2) is 42.5 Å². The van der Waals surface area contributed by atoms with Gasteiger partial charge in [-0.05, 0) is 92.5 Å². The Kier molecular flexibility index (Phi) is 6.71. The number of hydrogen-bond donors (Lipinski definition) is 2. The van der Waals surface area contributed by atoms with E-state index >= 15 is 0 Å². The minimum Gasteiger partial charge on any atom is -0.399 e. The van der Waals surface area contributed by atoms with Crippen molar-refractivity contribution in [2.45, 2.75) is 51.9 Å². The zero-order chi connectivity index (χ0) is 20.9. The second kappa shape index (κ2) is 9.63. The Labute approximate surface area is 182 Å². The number of nitrogen functional groups attached to an aromatic ring is 2. The maximum Gasteiger partial charge on any atom is 0.0370 e. The number of nitrogens with two attached hydrogens (primary N) is 2. The van der Waals surface area contributed by atoms with Crippen LogP contribution in [-0.2, 0) is 0 Å². The molecule has 0 radical (unpaired) electrons. The van der Waals surface area contributed by atoms with E-state index in [9.17, 15) is 0 Å². The van der Waals surface area contributed by atoms with Crippen LogP contribution in [0.3, 0.4) is 0 Å². The van der Waals surface area contributed by atoms with E-state index in [0.29, 0.717) is 0 Å². The highest BCUT2D eigenvalue weighted by Gasteiger charge is 2.22. The summed E-state index contributed by atoms with van der Waals surface area (Å²) >= 11 is 0. The van der Waals surface area contributed by atoms with E-state index in [0.717, 1.165) is 23.2 Å². The van der Waals surface area contributed by atoms with E-state index < -0.39 is 0 Å². The first-order chi connectivity index (χ1) is 14.6. The van der Waals surface area contributed by atoms with Crippen LogP contribution in [0.4, 0.5) is 22.7 Å². The summed E-state index contributed by atoms with van der Waals surface area (Å²) in [6.07, 6.45) is 9.55. The van der Waals surface area contributed by atoms with Crippen LogP contribution in [0.1, 0.15) is 50.5 Å². The molecule has 2 saturated heterocycles. The van der Waals surface area contributed by atoms with E-state index in [1.807, 2.05) is 12.1 Å². The van der Waals surface area contributed by atoms with E-state index in [-0.39, 0.29) is 0 Å². The van der Waals surface area contributed by atoms with Gasteiger partial charge in [-0.3, -0.25) is 0 Å². The van der Waals surface area contributed by atoms with Gasteiger partial charge >= 0.3 is 0 Å². The summed E-state index contributed by atoms with van der Waals surface area (Å²) in [7, 11) is 0. The van der Waals surface area contributed by atoms with Crippen molar-refractivity contribution < 1.29 is 0 Å². The number of aryl methyl sites for hydroxylation is 1. The molecule has 0 unspecified atom stereocenters. The molecule has 0 spiro atoms. The Morgan fingerprint density at radius 1 is 0.733 bits per heavy atom. The third kappa shape index (κ3) is 5.21. The number of piperidine rings is 2. The quantitative estimate of drug-likeness (QED) is 0.625. The molecule has 0 aromatic heterocycles. The fourth-order valence-corrected chi connectivity index (χ4v) is 5.20. The Morgan fingerprint density at radius 3 is 1.77 bits per heavy atom. The molecule has 4 nitrogen and oxygen atoms in total. The molecule has 2 heterocycles. The van der Waals surface area contributed by atoms with E-state index in [2.05, 4.69) is 47.1 Å². The molecule has 0 atom stereocenters. The number of anilines is 4. The highest BCUT2D eigenvalue weighted by molar-refractivity contribution is 5.58. The lowest BCUT2D eigenvalue weighted by atomic mass is 9.86. The molecule has 0 saturated carbocycles. The SMILES string of the molecule is Cc1cc(N2CCC(CCCC3CCN(c4ccc(N)cc4)CC3)CC2)ccc1N. The molecular formula is C26H38N4. The van der Waals surface area contributed by atoms with Gasteiger partial charge in [0.05, 0.1) is 0 Å². The van der Waals surface area contributed by atoms with Gasteiger partial charge in [-0.15, -0.1) is 0 Å². The van der Waals surface area contributed by atoms with Crippen molar-refractivity contribution in [1.82, 2.24) is 0 Å². The Balaban J connectivity index is 1.14. The fraction of sp³-hybridized carbons (Fsp3) is 0.538. The van der Waals surface area contributed by atoms with Crippen LogP contribution in [0, 0.1) is 18.8 Å². The van der Waals surface area contributed by atoms with Crippen molar-refractivity contribution in [3.63, 3.8) is 0 Å². The largest absolute Gasteiger partial charge is 0.399 e. The smallest absolute Gasteiger partial charge is 0.0370 e. The normalized spacial score (nSPS) is 18.7. The Morgan fingerprint density at radius 2 is 1.23 bits per heavy atom. The fourth-order valence-electron chi connectivity index (χ4n) is 5.20. The van der Waals surface area contributed by atoms with Crippen LogP contribution in [0.5, 0.6) is 0 Å². The van der Waals surface area contributed by atoms with E-state index in [4.69, 9.17) is 11.5 Å². The maximum atomic E-state index is 5.97. The van der Waals surface area contributed by atoms with Crippen LogP contribution in [0.2, 0.25) is 0 Å². The number of benzene rings is 2. The predicted molar refractivity (Wildman–Crippen MR) is 130 cm³/mol. The highest BCUT2D eigenvalue weighted by atomic mass is 15.1. The summed E-state index contributed by atoms with van der Waals surface area (Å²) < 4.78 is 0. The first-order valence-corrected chi connectivity index (χ1v) is 11.8. The van der Waals surface area contributed by atoms with Gasteiger partial charge in [0.2, 0.25) is 0 Å². The molecule has 4 heteroatoms. The first kappa shape index (κ1) is 20.9. The molecule has 2 aliphatic heterocycles. The van der Waals surface area contributed by atoms with Crippen molar-refractivity contribution in [1.29, 1.82) is 0 Å². The van der Waals surface area contributed by atoms with Crippen molar-refractivity contribution in [2.75, 3.05) is 47.4 Å². The molecular weight excluding hydrogens is 368 g/mol. The maximum absolute atomic E-state index is 5.97.